The zero-order valence-corrected chi connectivity index (χ0v) is 10.6. The van der Waals surface area contributed by atoms with Crippen LogP contribution >= 0.6 is 11.3 Å². The molecule has 0 radical (unpaired) electrons. The first-order valence-corrected chi connectivity index (χ1v) is 6.82. The van der Waals surface area contributed by atoms with Crippen molar-refractivity contribution in [1.82, 2.24) is 4.90 Å². The van der Waals surface area contributed by atoms with Gasteiger partial charge in [-0.1, -0.05) is 6.07 Å². The highest BCUT2D eigenvalue weighted by Crippen LogP contribution is 2.29. The topological polar surface area (TPSA) is 52.6 Å². The summed E-state index contributed by atoms with van der Waals surface area (Å²) < 4.78 is 1.26. The van der Waals surface area contributed by atoms with Crippen LogP contribution in [0.3, 0.4) is 0 Å². The van der Waals surface area contributed by atoms with Crippen LogP contribution < -0.4 is 5.32 Å². The molecule has 1 aliphatic heterocycles. The summed E-state index contributed by atoms with van der Waals surface area (Å²) in [6, 6.07) is 8.51. The predicted octanol–water partition coefficient (Wildman–Crippen LogP) is 3.07. The van der Waals surface area contributed by atoms with Crippen LogP contribution in [-0.4, -0.2) is 35.2 Å². The van der Waals surface area contributed by atoms with Crippen molar-refractivity contribution in [2.75, 3.05) is 18.4 Å². The number of carboxylic acid groups (broad SMARTS) is 1. The summed E-state index contributed by atoms with van der Waals surface area (Å²) in [5, 5.41) is 15.7. The molecule has 4 nitrogen and oxygen atoms in total. The number of rotatable bonds is 2. The third kappa shape index (κ3) is 2.01. The van der Waals surface area contributed by atoms with Crippen LogP contribution in [0.1, 0.15) is 6.42 Å². The fraction of sp³-hybridized carbons (Fsp3) is 0.308. The molecule has 2 aromatic rings. The summed E-state index contributed by atoms with van der Waals surface area (Å²) >= 11 is 1.72. The summed E-state index contributed by atoms with van der Waals surface area (Å²) in [6.45, 7) is 1.18. The van der Waals surface area contributed by atoms with Crippen molar-refractivity contribution in [2.24, 2.45) is 0 Å². The van der Waals surface area contributed by atoms with Gasteiger partial charge in [0.25, 0.3) is 0 Å². The van der Waals surface area contributed by atoms with E-state index in [1.807, 2.05) is 6.07 Å². The second-order valence-electron chi connectivity index (χ2n) is 4.50. The van der Waals surface area contributed by atoms with E-state index in [9.17, 15) is 4.79 Å². The fourth-order valence-electron chi connectivity index (χ4n) is 2.39. The molecule has 1 fully saturated rings. The third-order valence-corrected chi connectivity index (χ3v) is 4.20. The largest absolute Gasteiger partial charge is 0.465 e. The number of anilines is 1. The molecule has 0 bridgehead atoms. The van der Waals surface area contributed by atoms with E-state index in [4.69, 9.17) is 5.11 Å². The van der Waals surface area contributed by atoms with Crippen LogP contribution in [0, 0.1) is 0 Å². The summed E-state index contributed by atoms with van der Waals surface area (Å²) in [6.07, 6.45) is 0.0420. The average molecular weight is 262 g/mol. The van der Waals surface area contributed by atoms with Gasteiger partial charge < -0.3 is 15.3 Å². The second-order valence-corrected chi connectivity index (χ2v) is 5.44. The number of fused-ring (bicyclic) bond motifs is 1. The van der Waals surface area contributed by atoms with Crippen molar-refractivity contribution in [1.29, 1.82) is 0 Å². The van der Waals surface area contributed by atoms with E-state index >= 15 is 0 Å². The van der Waals surface area contributed by atoms with Crippen LogP contribution in [0.15, 0.2) is 29.6 Å². The maximum Gasteiger partial charge on any atom is 0.407 e. The minimum absolute atomic E-state index is 0.214. The van der Waals surface area contributed by atoms with E-state index in [1.165, 1.54) is 15.0 Å². The molecular formula is C13H14N2O2S. The lowest BCUT2D eigenvalue weighted by molar-refractivity contribution is 0.155. The van der Waals surface area contributed by atoms with Crippen molar-refractivity contribution in [3.05, 3.63) is 29.6 Å². The van der Waals surface area contributed by atoms with Gasteiger partial charge in [0.2, 0.25) is 0 Å². The molecule has 1 saturated heterocycles. The van der Waals surface area contributed by atoms with E-state index in [2.05, 4.69) is 28.9 Å². The number of carbonyl (C=O) groups is 1. The van der Waals surface area contributed by atoms with Crippen LogP contribution in [0.25, 0.3) is 10.1 Å². The van der Waals surface area contributed by atoms with Crippen LogP contribution in [0.2, 0.25) is 0 Å². The summed E-state index contributed by atoms with van der Waals surface area (Å²) in [5.74, 6) is 0. The summed E-state index contributed by atoms with van der Waals surface area (Å²) in [7, 11) is 0. The minimum atomic E-state index is -0.826. The molecule has 0 unspecified atom stereocenters. The summed E-state index contributed by atoms with van der Waals surface area (Å²) in [4.78, 5) is 12.3. The van der Waals surface area contributed by atoms with E-state index in [0.29, 0.717) is 13.1 Å². The molecule has 0 saturated carbocycles. The van der Waals surface area contributed by atoms with Crippen LogP contribution in [-0.2, 0) is 0 Å². The van der Waals surface area contributed by atoms with Gasteiger partial charge in [-0.25, -0.2) is 4.79 Å². The molecule has 1 aromatic heterocycles. The molecule has 1 aromatic carbocycles. The van der Waals surface area contributed by atoms with Crippen molar-refractivity contribution in [2.45, 2.75) is 12.5 Å². The van der Waals surface area contributed by atoms with E-state index in [0.717, 1.165) is 12.1 Å². The quantitative estimate of drug-likeness (QED) is 0.874. The SMILES string of the molecule is O=C(O)N1CC[C@H](Nc2cccc3sccc23)C1. The van der Waals surface area contributed by atoms with Gasteiger partial charge in [-0.2, -0.15) is 0 Å². The standard InChI is InChI=1S/C13H14N2O2S/c16-13(17)15-6-4-9(8-15)14-11-2-1-3-12-10(11)5-7-18-12/h1-3,5,7,9,14H,4,6,8H2,(H,16,17)/t9-/m0/s1. The molecule has 5 heteroatoms. The lowest BCUT2D eigenvalue weighted by atomic mass is 10.2. The molecule has 3 rings (SSSR count). The lowest BCUT2D eigenvalue weighted by Gasteiger charge is -2.15. The Morgan fingerprint density at radius 2 is 2.33 bits per heavy atom. The van der Waals surface area contributed by atoms with Gasteiger partial charge in [0.05, 0.1) is 0 Å². The summed E-state index contributed by atoms with van der Waals surface area (Å²) in [5.41, 5.74) is 1.10. The number of amides is 1. The number of likely N-dealkylation sites (tertiary alicyclic amines) is 1. The van der Waals surface area contributed by atoms with Gasteiger partial charge in [0.1, 0.15) is 0 Å². The lowest BCUT2D eigenvalue weighted by Crippen LogP contribution is -2.30. The number of benzene rings is 1. The molecule has 1 atom stereocenters. The molecule has 2 N–H and O–H groups in total. The molecule has 0 aliphatic carbocycles. The number of thiophene rings is 1. The van der Waals surface area contributed by atoms with E-state index < -0.39 is 6.09 Å². The average Bonchev–Trinajstić information content (AvgIpc) is 2.97. The monoisotopic (exact) mass is 262 g/mol. The number of hydrogen-bond acceptors (Lipinski definition) is 3. The highest BCUT2D eigenvalue weighted by atomic mass is 32.1. The Labute approximate surface area is 109 Å². The Balaban J connectivity index is 1.77. The first-order chi connectivity index (χ1) is 8.74. The Kier molecular flexibility index (Phi) is 2.83. The van der Waals surface area contributed by atoms with Gasteiger partial charge in [0, 0.05) is 34.9 Å². The van der Waals surface area contributed by atoms with Crippen molar-refractivity contribution < 1.29 is 9.90 Å². The molecule has 1 aliphatic rings. The molecule has 18 heavy (non-hydrogen) atoms. The first-order valence-electron chi connectivity index (χ1n) is 5.94. The molecule has 2 heterocycles. The fourth-order valence-corrected chi connectivity index (χ4v) is 3.20. The third-order valence-electron chi connectivity index (χ3n) is 3.31. The van der Waals surface area contributed by atoms with Gasteiger partial charge in [0.15, 0.2) is 0 Å². The highest BCUT2D eigenvalue weighted by molar-refractivity contribution is 7.17. The van der Waals surface area contributed by atoms with E-state index in [-0.39, 0.29) is 6.04 Å². The zero-order valence-electron chi connectivity index (χ0n) is 9.80. The second kappa shape index (κ2) is 4.49. The number of nitrogens with zero attached hydrogens (tertiary/aromatic N) is 1. The maximum atomic E-state index is 10.9. The number of nitrogens with one attached hydrogen (secondary N) is 1. The number of hydrogen-bond donors (Lipinski definition) is 2. The van der Waals surface area contributed by atoms with Crippen LogP contribution in [0.4, 0.5) is 10.5 Å². The van der Waals surface area contributed by atoms with Crippen molar-refractivity contribution in [3.8, 4) is 0 Å². The molecular weight excluding hydrogens is 248 g/mol. The first kappa shape index (κ1) is 11.3. The van der Waals surface area contributed by atoms with Gasteiger partial charge >= 0.3 is 6.09 Å². The van der Waals surface area contributed by atoms with Gasteiger partial charge in [-0.05, 0) is 30.0 Å². The minimum Gasteiger partial charge on any atom is -0.465 e. The molecule has 1 amide bonds. The Morgan fingerprint density at radius 3 is 3.11 bits per heavy atom. The zero-order chi connectivity index (χ0) is 12.5. The molecule has 0 spiro atoms. The van der Waals surface area contributed by atoms with Crippen molar-refractivity contribution >= 4 is 33.2 Å². The maximum absolute atomic E-state index is 10.9. The highest BCUT2D eigenvalue weighted by Gasteiger charge is 2.25. The smallest absolute Gasteiger partial charge is 0.407 e. The van der Waals surface area contributed by atoms with Gasteiger partial charge in [-0.15, -0.1) is 11.3 Å². The normalized spacial score (nSPS) is 19.3. The Hall–Kier alpha value is -1.75. The predicted molar refractivity (Wildman–Crippen MR) is 73.5 cm³/mol. The van der Waals surface area contributed by atoms with Crippen molar-refractivity contribution in [3.63, 3.8) is 0 Å². The Morgan fingerprint density at radius 1 is 1.44 bits per heavy atom. The van der Waals surface area contributed by atoms with E-state index in [1.54, 1.807) is 11.3 Å². The van der Waals surface area contributed by atoms with Gasteiger partial charge in [-0.3, -0.25) is 0 Å². The molecule has 94 valence electrons. The van der Waals surface area contributed by atoms with Crippen LogP contribution in [0.5, 0.6) is 0 Å². The Bertz CT molecular complexity index is 581.